The quantitative estimate of drug-likeness (QED) is 0.364. The SMILES string of the molecule is COC(=O)[C@@](C)(N=[N+]=[N-])c1ccc2ccccc2c1. The molecular weight excluding hydrogens is 242 g/mol. The van der Waals surface area contributed by atoms with Gasteiger partial charge < -0.3 is 4.74 Å². The normalized spacial score (nSPS) is 13.4. The summed E-state index contributed by atoms with van der Waals surface area (Å²) < 4.78 is 4.73. The zero-order valence-electron chi connectivity index (χ0n) is 10.7. The first-order valence-electron chi connectivity index (χ1n) is 5.76. The highest BCUT2D eigenvalue weighted by molar-refractivity contribution is 5.87. The van der Waals surface area contributed by atoms with E-state index < -0.39 is 11.5 Å². The summed E-state index contributed by atoms with van der Waals surface area (Å²) in [5.41, 5.74) is 7.93. The number of benzene rings is 2. The zero-order valence-corrected chi connectivity index (χ0v) is 10.7. The molecule has 2 rings (SSSR count). The number of rotatable bonds is 3. The number of esters is 1. The predicted octanol–water partition coefficient (Wildman–Crippen LogP) is 3.54. The highest BCUT2D eigenvalue weighted by Gasteiger charge is 2.35. The molecule has 0 bridgehead atoms. The minimum atomic E-state index is -1.35. The standard InChI is InChI=1S/C14H13N3O2/c1-14(16-17-15,13(18)19-2)12-8-7-10-5-3-4-6-11(10)9-12/h3-9H,1-2H3/t14-/m0/s1. The Bertz CT molecular complexity index is 677. The van der Waals surface area contributed by atoms with Gasteiger partial charge in [-0.3, -0.25) is 4.79 Å². The van der Waals surface area contributed by atoms with Gasteiger partial charge in [-0.05, 0) is 34.9 Å². The second-order valence-corrected chi connectivity index (χ2v) is 4.32. The van der Waals surface area contributed by atoms with E-state index in [1.165, 1.54) is 7.11 Å². The van der Waals surface area contributed by atoms with Gasteiger partial charge in [0.25, 0.3) is 0 Å². The molecule has 0 N–H and O–H groups in total. The third-order valence-corrected chi connectivity index (χ3v) is 3.14. The number of hydrogen-bond donors (Lipinski definition) is 0. The number of fused-ring (bicyclic) bond motifs is 1. The van der Waals surface area contributed by atoms with Crippen LogP contribution < -0.4 is 0 Å². The lowest BCUT2D eigenvalue weighted by molar-refractivity contribution is -0.146. The minimum Gasteiger partial charge on any atom is -0.468 e. The first kappa shape index (κ1) is 12.9. The highest BCUT2D eigenvalue weighted by Crippen LogP contribution is 2.30. The molecule has 0 heterocycles. The fourth-order valence-corrected chi connectivity index (χ4v) is 2.00. The van der Waals surface area contributed by atoms with Gasteiger partial charge in [-0.15, -0.1) is 0 Å². The Balaban J connectivity index is 2.63. The Labute approximate surface area is 110 Å². The molecule has 0 aliphatic carbocycles. The number of nitrogens with zero attached hydrogens (tertiary/aromatic N) is 3. The monoisotopic (exact) mass is 255 g/mol. The van der Waals surface area contributed by atoms with Crippen LogP contribution in [0.3, 0.4) is 0 Å². The molecule has 0 spiro atoms. The second kappa shape index (κ2) is 5.00. The predicted molar refractivity (Wildman–Crippen MR) is 72.5 cm³/mol. The van der Waals surface area contributed by atoms with Gasteiger partial charge in [0, 0.05) is 4.91 Å². The van der Waals surface area contributed by atoms with Crippen molar-refractivity contribution in [2.75, 3.05) is 7.11 Å². The van der Waals surface area contributed by atoms with E-state index in [9.17, 15) is 4.79 Å². The number of methoxy groups -OCH3 is 1. The van der Waals surface area contributed by atoms with Crippen LogP contribution >= 0.6 is 0 Å². The summed E-state index contributed by atoms with van der Waals surface area (Å²) in [7, 11) is 1.27. The van der Waals surface area contributed by atoms with E-state index in [1.54, 1.807) is 13.0 Å². The average Bonchev–Trinajstić information content (AvgIpc) is 2.46. The summed E-state index contributed by atoms with van der Waals surface area (Å²) in [6, 6.07) is 13.3. The van der Waals surface area contributed by atoms with Crippen molar-refractivity contribution < 1.29 is 9.53 Å². The first-order chi connectivity index (χ1) is 9.11. The Morgan fingerprint density at radius 3 is 2.58 bits per heavy atom. The van der Waals surface area contributed by atoms with E-state index in [4.69, 9.17) is 10.3 Å². The number of ether oxygens (including phenoxy) is 1. The summed E-state index contributed by atoms with van der Waals surface area (Å²) in [5.74, 6) is -0.583. The van der Waals surface area contributed by atoms with Crippen LogP contribution in [0.1, 0.15) is 12.5 Å². The van der Waals surface area contributed by atoms with Crippen LogP contribution in [0.5, 0.6) is 0 Å². The van der Waals surface area contributed by atoms with Crippen LogP contribution in [0.4, 0.5) is 0 Å². The molecule has 96 valence electrons. The van der Waals surface area contributed by atoms with Gasteiger partial charge in [0.05, 0.1) is 7.11 Å². The first-order valence-corrected chi connectivity index (χ1v) is 5.76. The fraction of sp³-hybridized carbons (Fsp3) is 0.214. The molecule has 2 aromatic carbocycles. The van der Waals surface area contributed by atoms with Crippen molar-refractivity contribution in [1.82, 2.24) is 0 Å². The number of hydrogen-bond acceptors (Lipinski definition) is 3. The van der Waals surface area contributed by atoms with Crippen LogP contribution in [-0.2, 0) is 15.1 Å². The Hall–Kier alpha value is -2.52. The van der Waals surface area contributed by atoms with E-state index in [-0.39, 0.29) is 0 Å². The highest BCUT2D eigenvalue weighted by atomic mass is 16.5. The average molecular weight is 255 g/mol. The molecular formula is C14H13N3O2. The molecule has 0 saturated carbocycles. The maximum atomic E-state index is 11.9. The van der Waals surface area contributed by atoms with Gasteiger partial charge in [0.2, 0.25) is 0 Å². The summed E-state index contributed by atoms with van der Waals surface area (Å²) in [6.45, 7) is 1.54. The van der Waals surface area contributed by atoms with Crippen molar-refractivity contribution >= 4 is 16.7 Å². The lowest BCUT2D eigenvalue weighted by Gasteiger charge is -2.21. The molecule has 0 fully saturated rings. The summed E-state index contributed by atoms with van der Waals surface area (Å²) in [5, 5.41) is 5.64. The Morgan fingerprint density at radius 2 is 1.95 bits per heavy atom. The van der Waals surface area contributed by atoms with Crippen LogP contribution in [0.2, 0.25) is 0 Å². The van der Waals surface area contributed by atoms with Crippen LogP contribution in [0.15, 0.2) is 47.6 Å². The van der Waals surface area contributed by atoms with Gasteiger partial charge in [-0.1, -0.05) is 41.5 Å². The maximum Gasteiger partial charge on any atom is 0.322 e. The number of carbonyl (C=O) groups excluding carboxylic acids is 1. The van der Waals surface area contributed by atoms with Gasteiger partial charge in [0.1, 0.15) is 0 Å². The lowest BCUT2D eigenvalue weighted by atomic mass is 9.91. The topological polar surface area (TPSA) is 75.1 Å². The van der Waals surface area contributed by atoms with E-state index in [2.05, 4.69) is 10.0 Å². The minimum absolute atomic E-state index is 0.583. The van der Waals surface area contributed by atoms with Crippen molar-refractivity contribution in [3.63, 3.8) is 0 Å². The number of carbonyl (C=O) groups is 1. The maximum absolute atomic E-state index is 11.9. The van der Waals surface area contributed by atoms with Gasteiger partial charge >= 0.3 is 5.97 Å². The summed E-state index contributed by atoms with van der Waals surface area (Å²) in [6.07, 6.45) is 0. The van der Waals surface area contributed by atoms with Crippen LogP contribution in [0.25, 0.3) is 21.2 Å². The molecule has 0 aliphatic heterocycles. The molecule has 0 aromatic heterocycles. The Morgan fingerprint density at radius 1 is 1.26 bits per heavy atom. The molecule has 2 aromatic rings. The van der Waals surface area contributed by atoms with Crippen LogP contribution in [-0.4, -0.2) is 13.1 Å². The van der Waals surface area contributed by atoms with Crippen LogP contribution in [0, 0.1) is 0 Å². The van der Waals surface area contributed by atoms with Crippen molar-refractivity contribution in [3.05, 3.63) is 58.5 Å². The molecule has 5 heteroatoms. The molecule has 0 amide bonds. The van der Waals surface area contributed by atoms with Crippen molar-refractivity contribution in [2.45, 2.75) is 12.5 Å². The molecule has 1 atom stereocenters. The van der Waals surface area contributed by atoms with E-state index >= 15 is 0 Å². The van der Waals surface area contributed by atoms with E-state index in [0.29, 0.717) is 5.56 Å². The van der Waals surface area contributed by atoms with Crippen molar-refractivity contribution in [3.8, 4) is 0 Å². The van der Waals surface area contributed by atoms with Gasteiger partial charge in [-0.2, -0.15) is 0 Å². The zero-order chi connectivity index (χ0) is 13.9. The molecule has 0 radical (unpaired) electrons. The Kier molecular flexibility index (Phi) is 3.40. The summed E-state index contributed by atoms with van der Waals surface area (Å²) >= 11 is 0. The van der Waals surface area contributed by atoms with E-state index in [1.807, 2.05) is 36.4 Å². The fourth-order valence-electron chi connectivity index (χ4n) is 2.00. The van der Waals surface area contributed by atoms with E-state index in [0.717, 1.165) is 10.8 Å². The number of azide groups is 1. The molecule has 5 nitrogen and oxygen atoms in total. The van der Waals surface area contributed by atoms with Gasteiger partial charge in [0.15, 0.2) is 5.54 Å². The smallest absolute Gasteiger partial charge is 0.322 e. The molecule has 0 unspecified atom stereocenters. The molecule has 19 heavy (non-hydrogen) atoms. The third kappa shape index (κ3) is 2.23. The molecule has 0 aliphatic rings. The van der Waals surface area contributed by atoms with Crippen molar-refractivity contribution in [2.24, 2.45) is 5.11 Å². The third-order valence-electron chi connectivity index (χ3n) is 3.14. The molecule has 0 saturated heterocycles. The summed E-state index contributed by atoms with van der Waals surface area (Å²) in [4.78, 5) is 14.6. The van der Waals surface area contributed by atoms with Crippen molar-refractivity contribution in [1.29, 1.82) is 0 Å². The van der Waals surface area contributed by atoms with Gasteiger partial charge in [-0.25, -0.2) is 0 Å². The lowest BCUT2D eigenvalue weighted by Crippen LogP contribution is -2.31. The largest absolute Gasteiger partial charge is 0.468 e. The second-order valence-electron chi connectivity index (χ2n) is 4.32.